The van der Waals surface area contributed by atoms with Crippen molar-refractivity contribution >= 4 is 24.4 Å². The van der Waals surface area contributed by atoms with Crippen molar-refractivity contribution in [3.8, 4) is 0 Å². The van der Waals surface area contributed by atoms with Crippen LogP contribution in [0.1, 0.15) is 109 Å². The summed E-state index contributed by atoms with van der Waals surface area (Å²) in [5.74, 6) is 2.61. The Bertz CT molecular complexity index is 1230. The number of ether oxygens (including phenoxy) is 1. The van der Waals surface area contributed by atoms with Gasteiger partial charge in [-0.05, 0) is 161 Å². The molecule has 2 aromatic rings. The quantitative estimate of drug-likeness (QED) is 0.130. The van der Waals surface area contributed by atoms with E-state index in [1.165, 1.54) is 212 Å². The molecule has 16 N–H and O–H groups in total. The number of piperidine rings is 1. The number of rotatable bonds is 0. The summed E-state index contributed by atoms with van der Waals surface area (Å²) in [5.41, 5.74) is 0. The van der Waals surface area contributed by atoms with Crippen LogP contribution in [0.3, 0.4) is 0 Å². The van der Waals surface area contributed by atoms with Crippen molar-refractivity contribution in [2.24, 2.45) is 9.98 Å². The standard InChI is InChI=1S/C7H15N.C6H13N.C5H11N.C5H9N.C4H10N2.C4H8N2.C4H9NO.C4H9NS.C4H9N.C4H7N.C4H5N.C3H6N2.C3H4N2.C3H7N.C2H5N/c1-2-4-6-8-7-5-3-1;1-2-4-6-7-5-3-1;2*1-2-4-6-5-3-1;1-2-6-4-3-5-1;1-2-5-4-6-3-1;2*1-3-6-4-2-5-1;3*1-2-4-5-3-1;1-2-5-3-4-1;1-2-4-5-3-1;1-2-4-3-1;1-2-3-1/h8H,1-7H2;7H,1-6H2;6H,1-5H2;1-2,6H,3-5H2;5-6H,1-4H2;4H,1-3H2,(H,5,6);2*5H,1-4H2;5H,1-4H2;1-2,5H,3-4H2;1-5H;3H,1-2H2,(H,4,5);1-3H,(H,4,5);4H,1-3H2;3H,1-2H2. The van der Waals surface area contributed by atoms with Gasteiger partial charge in [-0.2, -0.15) is 16.9 Å². The average Bonchev–Trinajstić information content (AvgIpc) is 4.33. The first-order chi connectivity index (χ1) is 41.5. The third-order valence-corrected chi connectivity index (χ3v) is 13.8. The molecule has 83 heavy (non-hydrogen) atoms. The number of hydrogen-bond acceptors (Lipinski definition) is 19. The summed E-state index contributed by atoms with van der Waals surface area (Å²) in [6.45, 7) is 34.3. The predicted molar refractivity (Wildman–Crippen MR) is 361 cm³/mol. The Morgan fingerprint density at radius 3 is 0.904 bits per heavy atom. The highest BCUT2D eigenvalue weighted by molar-refractivity contribution is 7.99. The largest absolute Gasteiger partial charge is 0.379 e. The van der Waals surface area contributed by atoms with Crippen molar-refractivity contribution in [3.63, 3.8) is 0 Å². The molecule has 21 heteroatoms. The topological polar surface area (TPSA) is 257 Å². The molecule has 0 unspecified atom stereocenters. The summed E-state index contributed by atoms with van der Waals surface area (Å²) in [5, 5.41) is 50.7. The van der Waals surface area contributed by atoms with E-state index in [9.17, 15) is 0 Å². The third kappa shape index (κ3) is 76.7. The zero-order chi connectivity index (χ0) is 58.7. The van der Waals surface area contributed by atoms with Crippen LogP contribution in [0.5, 0.6) is 0 Å². The van der Waals surface area contributed by atoms with Gasteiger partial charge in [0.25, 0.3) is 0 Å². The smallest absolute Gasteiger partial charge is 0.0825 e. The first-order valence-electron chi connectivity index (χ1n) is 32.9. The van der Waals surface area contributed by atoms with Gasteiger partial charge in [0.15, 0.2) is 0 Å². The second-order valence-corrected chi connectivity index (χ2v) is 21.8. The van der Waals surface area contributed by atoms with Crippen molar-refractivity contribution in [1.82, 2.24) is 89.6 Å². The van der Waals surface area contributed by atoms with E-state index in [-0.39, 0.29) is 0 Å². The molecule has 13 aliphatic rings. The van der Waals surface area contributed by atoms with Gasteiger partial charge < -0.3 is 84.2 Å². The maximum absolute atomic E-state index is 5.01. The monoisotopic (exact) mass is 1190 g/mol. The van der Waals surface area contributed by atoms with Gasteiger partial charge in [0.1, 0.15) is 0 Å². The van der Waals surface area contributed by atoms with Crippen LogP contribution < -0.4 is 74.4 Å². The van der Waals surface area contributed by atoms with E-state index >= 15 is 0 Å². The van der Waals surface area contributed by atoms with E-state index < -0.39 is 0 Å². The molecule has 9 fully saturated rings. The zero-order valence-electron chi connectivity index (χ0n) is 52.3. The molecular formula is C62H127N19OS. The van der Waals surface area contributed by atoms with Gasteiger partial charge in [-0.15, -0.1) is 0 Å². The van der Waals surface area contributed by atoms with Gasteiger partial charge in [0, 0.05) is 141 Å². The Labute approximate surface area is 511 Å². The molecule has 15 rings (SSSR count). The summed E-state index contributed by atoms with van der Waals surface area (Å²) in [6.07, 6.45) is 42.9. The fourth-order valence-corrected chi connectivity index (χ4v) is 8.42. The molecule has 0 saturated carbocycles. The van der Waals surface area contributed by atoms with Crippen molar-refractivity contribution in [3.05, 3.63) is 67.3 Å². The average molecular weight is 1190 g/mol. The number of aliphatic imine (C=N–C) groups is 2. The summed E-state index contributed by atoms with van der Waals surface area (Å²) in [6, 6.07) is 5.72. The van der Waals surface area contributed by atoms with Crippen LogP contribution in [0, 0.1) is 0 Å². The summed E-state index contributed by atoms with van der Waals surface area (Å²) in [4.78, 5) is 10.6. The van der Waals surface area contributed by atoms with Crippen LogP contribution in [-0.2, 0) is 4.74 Å². The lowest BCUT2D eigenvalue weighted by molar-refractivity contribution is 0.109. The minimum absolute atomic E-state index is 0.889. The zero-order valence-corrected chi connectivity index (χ0v) is 53.1. The lowest BCUT2D eigenvalue weighted by Gasteiger charge is -2.11. The molecule has 0 spiro atoms. The number of nitrogens with zero attached hydrogens (tertiary/aromatic N) is 3. The summed E-state index contributed by atoms with van der Waals surface area (Å²) < 4.78 is 5.01. The molecular weight excluding hydrogens is 1060 g/mol. The fourth-order valence-electron chi connectivity index (χ4n) is 7.64. The highest BCUT2D eigenvalue weighted by atomic mass is 32.2. The normalized spacial score (nSPS) is 21.1. The Hall–Kier alpha value is -3.26. The van der Waals surface area contributed by atoms with Gasteiger partial charge in [0.2, 0.25) is 0 Å². The number of piperazine rings is 1. The van der Waals surface area contributed by atoms with Gasteiger partial charge >= 0.3 is 0 Å². The van der Waals surface area contributed by atoms with E-state index in [2.05, 4.69) is 124 Å². The molecule has 9 saturated heterocycles. The Kier molecular flexibility index (Phi) is 70.1. The van der Waals surface area contributed by atoms with E-state index in [1.54, 1.807) is 25.1 Å². The molecule has 482 valence electrons. The number of morpholine rings is 1. The van der Waals surface area contributed by atoms with E-state index in [1.807, 2.05) is 42.4 Å². The van der Waals surface area contributed by atoms with Crippen LogP contribution >= 0.6 is 11.8 Å². The molecule has 20 nitrogen and oxygen atoms in total. The maximum Gasteiger partial charge on any atom is 0.0825 e. The second kappa shape index (κ2) is 74.8. The third-order valence-electron chi connectivity index (χ3n) is 12.8. The second-order valence-electron chi connectivity index (χ2n) is 20.6. The molecule has 2 aromatic heterocycles. The molecule has 15 heterocycles. The molecule has 0 bridgehead atoms. The minimum Gasteiger partial charge on any atom is -0.379 e. The first kappa shape index (κ1) is 77.8. The van der Waals surface area contributed by atoms with E-state index in [4.69, 9.17) is 4.74 Å². The lowest BCUT2D eigenvalue weighted by atomic mass is 10.1. The first-order valence-corrected chi connectivity index (χ1v) is 34.0. The molecule has 0 aromatic carbocycles. The number of aromatic amines is 2. The predicted octanol–water partition coefficient (Wildman–Crippen LogP) is 4.23. The maximum atomic E-state index is 5.01. The number of H-pyrrole nitrogens is 2. The fraction of sp³-hybridized carbons (Fsp3) is 0.790. The molecule has 0 radical (unpaired) electrons. The number of aromatic nitrogens is 3. The summed E-state index contributed by atoms with van der Waals surface area (Å²) in [7, 11) is 0. The number of nitrogens with one attached hydrogen (secondary N) is 16. The molecule has 0 amide bonds. The lowest BCUT2D eigenvalue weighted by Crippen LogP contribution is -2.39. The van der Waals surface area contributed by atoms with Crippen LogP contribution in [0.25, 0.3) is 0 Å². The number of thioether (sulfide) groups is 1. The van der Waals surface area contributed by atoms with Crippen molar-refractivity contribution in [2.45, 2.75) is 109 Å². The molecule has 0 aliphatic carbocycles. The highest BCUT2D eigenvalue weighted by Crippen LogP contribution is 2.04. The van der Waals surface area contributed by atoms with Crippen molar-refractivity contribution in [2.75, 3.05) is 208 Å². The Balaban J connectivity index is 0.000000446. The van der Waals surface area contributed by atoms with Crippen LogP contribution in [0.4, 0.5) is 0 Å². The van der Waals surface area contributed by atoms with Gasteiger partial charge in [-0.25, -0.2) is 0 Å². The van der Waals surface area contributed by atoms with Gasteiger partial charge in [0.05, 0.1) is 32.4 Å². The minimum atomic E-state index is 0.889. The number of hydrogen-bond donors (Lipinski definition) is 16. The Morgan fingerprint density at radius 2 is 0.723 bits per heavy atom. The summed E-state index contributed by atoms with van der Waals surface area (Å²) >= 11 is 2.03. The molecule has 13 aliphatic heterocycles. The van der Waals surface area contributed by atoms with Gasteiger partial charge in [-0.3, -0.25) is 15.1 Å². The van der Waals surface area contributed by atoms with Crippen molar-refractivity contribution in [1.29, 1.82) is 0 Å². The Morgan fingerprint density at radius 1 is 0.313 bits per heavy atom. The van der Waals surface area contributed by atoms with Crippen LogP contribution in [0.15, 0.2) is 77.3 Å². The van der Waals surface area contributed by atoms with E-state index in [0.717, 1.165) is 105 Å². The van der Waals surface area contributed by atoms with Gasteiger partial charge in [-0.1, -0.05) is 62.8 Å². The SMILES string of the molecule is C1=CCNC1.C1=CCNCC1.C1=NCCCN1.C1=NCCN1.C1CCCNCC1.C1CCCNCCC1.C1CCNC1.C1CCNCC1.C1CN1.C1CNC1.C1CNCCN1.C1COCCN1.C1CSCCN1.c1cc[nH]c1.c1cn[nH]c1. The van der Waals surface area contributed by atoms with Crippen LogP contribution in [-0.4, -0.2) is 236 Å². The highest BCUT2D eigenvalue weighted by Gasteiger charge is 1.98. The molecule has 0 atom stereocenters. The van der Waals surface area contributed by atoms with Crippen molar-refractivity contribution < 1.29 is 4.74 Å². The van der Waals surface area contributed by atoms with Crippen LogP contribution in [0.2, 0.25) is 0 Å². The van der Waals surface area contributed by atoms with E-state index in [0.29, 0.717) is 0 Å².